The molecule has 3 aromatic rings. The molecular formula is C22H23BrIN3O3. The number of methoxy groups -OCH3 is 1. The molecular weight excluding hydrogens is 561 g/mol. The molecule has 0 saturated carbocycles. The number of hydrogen-bond acceptors (Lipinski definition) is 5. The minimum Gasteiger partial charge on any atom is -0.493 e. The van der Waals surface area contributed by atoms with Gasteiger partial charge in [0.05, 0.1) is 33.9 Å². The molecule has 0 N–H and O–H groups in total. The second kappa shape index (κ2) is 9.91. The third-order valence-electron chi connectivity index (χ3n) is 4.66. The minimum absolute atomic E-state index is 0.0839. The Kier molecular flexibility index (Phi) is 7.51. The lowest BCUT2D eigenvalue weighted by Gasteiger charge is -2.17. The van der Waals surface area contributed by atoms with Crippen LogP contribution in [-0.4, -0.2) is 29.1 Å². The number of benzene rings is 2. The fourth-order valence-corrected chi connectivity index (χ4v) is 3.99. The zero-order valence-electron chi connectivity index (χ0n) is 17.3. The Morgan fingerprint density at radius 3 is 2.73 bits per heavy atom. The highest BCUT2D eigenvalue weighted by Gasteiger charge is 2.14. The zero-order chi connectivity index (χ0) is 21.8. The molecule has 1 aromatic heterocycles. The summed E-state index contributed by atoms with van der Waals surface area (Å²) in [7, 11) is 1.61. The van der Waals surface area contributed by atoms with Gasteiger partial charge in [-0.3, -0.25) is 4.79 Å². The van der Waals surface area contributed by atoms with E-state index in [9.17, 15) is 4.79 Å². The van der Waals surface area contributed by atoms with E-state index in [0.717, 1.165) is 20.0 Å². The molecule has 0 saturated heterocycles. The molecule has 30 heavy (non-hydrogen) atoms. The van der Waals surface area contributed by atoms with Crippen molar-refractivity contribution in [1.29, 1.82) is 0 Å². The van der Waals surface area contributed by atoms with Crippen LogP contribution in [0.4, 0.5) is 0 Å². The van der Waals surface area contributed by atoms with Crippen molar-refractivity contribution in [3.63, 3.8) is 0 Å². The van der Waals surface area contributed by atoms with E-state index in [0.29, 0.717) is 34.6 Å². The van der Waals surface area contributed by atoms with Gasteiger partial charge in [-0.15, -0.1) is 0 Å². The van der Waals surface area contributed by atoms with Gasteiger partial charge in [0.15, 0.2) is 11.5 Å². The summed E-state index contributed by atoms with van der Waals surface area (Å²) in [6.07, 6.45) is 3.21. The van der Waals surface area contributed by atoms with E-state index in [-0.39, 0.29) is 11.7 Å². The number of ether oxygens (including phenoxy) is 2. The van der Waals surface area contributed by atoms with Crippen LogP contribution < -0.4 is 15.0 Å². The first-order valence-corrected chi connectivity index (χ1v) is 11.5. The highest BCUT2D eigenvalue weighted by Crippen LogP contribution is 2.34. The van der Waals surface area contributed by atoms with Crippen LogP contribution in [0.15, 0.2) is 44.7 Å². The number of fused-ring (bicyclic) bond motifs is 1. The van der Waals surface area contributed by atoms with Crippen LogP contribution >= 0.6 is 38.5 Å². The Hall–Kier alpha value is -1.94. The lowest BCUT2D eigenvalue weighted by atomic mass is 10.2. The third kappa shape index (κ3) is 4.85. The summed E-state index contributed by atoms with van der Waals surface area (Å²) in [6, 6.07) is 9.27. The Balaban J connectivity index is 2.05. The first-order chi connectivity index (χ1) is 14.4. The molecule has 3 rings (SSSR count). The van der Waals surface area contributed by atoms with Gasteiger partial charge in [0.2, 0.25) is 0 Å². The fraction of sp³-hybridized carbons (Fsp3) is 0.318. The van der Waals surface area contributed by atoms with E-state index in [1.54, 1.807) is 19.4 Å². The van der Waals surface area contributed by atoms with Crippen molar-refractivity contribution in [2.24, 2.45) is 5.10 Å². The number of rotatable bonds is 7. The average Bonchev–Trinajstić information content (AvgIpc) is 2.74. The van der Waals surface area contributed by atoms with Gasteiger partial charge in [-0.2, -0.15) is 9.78 Å². The molecule has 1 heterocycles. The van der Waals surface area contributed by atoms with Crippen molar-refractivity contribution in [2.75, 3.05) is 7.11 Å². The van der Waals surface area contributed by atoms with Gasteiger partial charge in [0.1, 0.15) is 5.82 Å². The summed E-state index contributed by atoms with van der Waals surface area (Å²) in [5, 5.41) is 4.97. The predicted octanol–water partition coefficient (Wildman–Crippen LogP) is 5.39. The molecule has 0 spiro atoms. The SMILES string of the molecule is CCc1nc2ccc(Br)cc2c(=O)n1N=Cc1cc(I)c(O[C@@H](C)CC)c(OC)c1. The molecule has 6 nitrogen and oxygen atoms in total. The predicted molar refractivity (Wildman–Crippen MR) is 132 cm³/mol. The first kappa shape index (κ1) is 22.7. The van der Waals surface area contributed by atoms with Crippen molar-refractivity contribution in [3.05, 3.63) is 60.1 Å². The second-order valence-electron chi connectivity index (χ2n) is 6.78. The van der Waals surface area contributed by atoms with Crippen molar-refractivity contribution >= 4 is 55.6 Å². The van der Waals surface area contributed by atoms with Crippen LogP contribution in [0.25, 0.3) is 10.9 Å². The standard InChI is InChI=1S/C22H23BrIN3O3/c1-5-13(3)30-21-17(24)9-14(10-19(21)29-4)12-25-27-20(6-2)26-18-8-7-15(23)11-16(18)22(27)28/h7-13H,5-6H2,1-4H3/t13-/m0/s1. The lowest BCUT2D eigenvalue weighted by Crippen LogP contribution is -2.22. The maximum atomic E-state index is 13.0. The summed E-state index contributed by atoms with van der Waals surface area (Å²) in [5.74, 6) is 1.95. The highest BCUT2D eigenvalue weighted by molar-refractivity contribution is 14.1. The summed E-state index contributed by atoms with van der Waals surface area (Å²) >= 11 is 5.64. The van der Waals surface area contributed by atoms with Crippen LogP contribution in [0.5, 0.6) is 11.5 Å². The fourth-order valence-electron chi connectivity index (χ4n) is 2.88. The molecule has 0 unspecified atom stereocenters. The Bertz CT molecular complexity index is 1160. The van der Waals surface area contributed by atoms with E-state index in [1.165, 1.54) is 4.68 Å². The van der Waals surface area contributed by atoms with Gasteiger partial charge < -0.3 is 9.47 Å². The normalized spacial score (nSPS) is 12.5. The molecule has 0 aliphatic heterocycles. The molecule has 8 heteroatoms. The van der Waals surface area contributed by atoms with Gasteiger partial charge in [-0.05, 0) is 71.8 Å². The molecule has 0 fully saturated rings. The van der Waals surface area contributed by atoms with E-state index in [1.807, 2.05) is 38.1 Å². The molecule has 2 aromatic carbocycles. The maximum Gasteiger partial charge on any atom is 0.282 e. The largest absolute Gasteiger partial charge is 0.493 e. The third-order valence-corrected chi connectivity index (χ3v) is 5.95. The lowest BCUT2D eigenvalue weighted by molar-refractivity contribution is 0.206. The number of aromatic nitrogens is 2. The Morgan fingerprint density at radius 2 is 2.07 bits per heavy atom. The molecule has 158 valence electrons. The molecule has 0 aliphatic carbocycles. The molecule has 0 aliphatic rings. The molecule has 0 amide bonds. The first-order valence-electron chi connectivity index (χ1n) is 9.67. The summed E-state index contributed by atoms with van der Waals surface area (Å²) < 4.78 is 14.6. The van der Waals surface area contributed by atoms with Gasteiger partial charge >= 0.3 is 0 Å². The van der Waals surface area contributed by atoms with Crippen molar-refractivity contribution < 1.29 is 9.47 Å². The van der Waals surface area contributed by atoms with Crippen LogP contribution in [0, 0.1) is 3.57 Å². The van der Waals surface area contributed by atoms with Gasteiger partial charge in [0.25, 0.3) is 5.56 Å². The highest BCUT2D eigenvalue weighted by atomic mass is 127. The molecule has 0 bridgehead atoms. The van der Waals surface area contributed by atoms with Gasteiger partial charge in [-0.1, -0.05) is 29.8 Å². The summed E-state index contributed by atoms with van der Waals surface area (Å²) in [5.41, 5.74) is 1.26. The van der Waals surface area contributed by atoms with Crippen LogP contribution in [0.3, 0.4) is 0 Å². The van der Waals surface area contributed by atoms with Crippen molar-refractivity contribution in [3.8, 4) is 11.5 Å². The van der Waals surface area contributed by atoms with Gasteiger partial charge in [0, 0.05) is 10.9 Å². The van der Waals surface area contributed by atoms with E-state index >= 15 is 0 Å². The zero-order valence-corrected chi connectivity index (χ0v) is 21.0. The number of aryl methyl sites for hydroxylation is 1. The average molecular weight is 584 g/mol. The molecule has 0 radical (unpaired) electrons. The number of hydrogen-bond donors (Lipinski definition) is 0. The smallest absolute Gasteiger partial charge is 0.282 e. The Morgan fingerprint density at radius 1 is 1.30 bits per heavy atom. The summed E-state index contributed by atoms with van der Waals surface area (Å²) in [6.45, 7) is 6.05. The minimum atomic E-state index is -0.201. The summed E-state index contributed by atoms with van der Waals surface area (Å²) in [4.78, 5) is 17.6. The quantitative estimate of drug-likeness (QED) is 0.276. The molecule has 1 atom stereocenters. The monoisotopic (exact) mass is 583 g/mol. The van der Waals surface area contributed by atoms with E-state index in [4.69, 9.17) is 9.47 Å². The number of nitrogens with zero attached hydrogens (tertiary/aromatic N) is 3. The number of halogens is 2. The topological polar surface area (TPSA) is 65.7 Å². The van der Waals surface area contributed by atoms with Crippen LogP contribution in [0.1, 0.15) is 38.6 Å². The maximum absolute atomic E-state index is 13.0. The van der Waals surface area contributed by atoms with Crippen LogP contribution in [-0.2, 0) is 6.42 Å². The van der Waals surface area contributed by atoms with Gasteiger partial charge in [-0.25, -0.2) is 4.98 Å². The van der Waals surface area contributed by atoms with E-state index < -0.39 is 0 Å². The van der Waals surface area contributed by atoms with Crippen LogP contribution in [0.2, 0.25) is 0 Å². The Labute approximate surface area is 197 Å². The second-order valence-corrected chi connectivity index (χ2v) is 8.85. The van der Waals surface area contributed by atoms with E-state index in [2.05, 4.69) is 55.5 Å². The van der Waals surface area contributed by atoms with Crippen molar-refractivity contribution in [2.45, 2.75) is 39.7 Å². The van der Waals surface area contributed by atoms with Crippen molar-refractivity contribution in [1.82, 2.24) is 9.66 Å².